The smallest absolute Gasteiger partial charge is 0.0583 e. The topological polar surface area (TPSA) is 32.3 Å². The van der Waals surface area contributed by atoms with Gasteiger partial charge in [0.1, 0.15) is 0 Å². The molecule has 0 aromatic carbocycles. The third-order valence-electron chi connectivity index (χ3n) is 3.15. The van der Waals surface area contributed by atoms with E-state index in [1.165, 1.54) is 25.7 Å². The molecule has 1 saturated heterocycles. The molecule has 0 spiro atoms. The van der Waals surface area contributed by atoms with Crippen molar-refractivity contribution in [3.8, 4) is 0 Å². The second-order valence-corrected chi connectivity index (χ2v) is 3.86. The van der Waals surface area contributed by atoms with E-state index in [1.54, 1.807) is 0 Å². The first-order valence-electron chi connectivity index (χ1n) is 4.79. The fraction of sp³-hybridized carbons (Fsp3) is 1.00. The van der Waals surface area contributed by atoms with Crippen molar-refractivity contribution in [3.63, 3.8) is 0 Å². The average Bonchev–Trinajstić information content (AvgIpc) is 2.55. The first-order chi connectivity index (χ1) is 5.38. The number of nitrogens with one attached hydrogen (secondary N) is 1. The molecular formula is C9H17NO. The Morgan fingerprint density at radius 2 is 2.00 bits per heavy atom. The maximum Gasteiger partial charge on any atom is 0.0583 e. The number of aliphatic hydroxyl groups is 1. The second kappa shape index (κ2) is 3.11. The van der Waals surface area contributed by atoms with Crippen LogP contribution in [0.4, 0.5) is 0 Å². The van der Waals surface area contributed by atoms with Crippen molar-refractivity contribution in [2.75, 3.05) is 6.54 Å². The highest BCUT2D eigenvalue weighted by molar-refractivity contribution is 4.89. The van der Waals surface area contributed by atoms with Crippen LogP contribution in [0.15, 0.2) is 0 Å². The second-order valence-electron chi connectivity index (χ2n) is 3.86. The summed E-state index contributed by atoms with van der Waals surface area (Å²) in [5, 5.41) is 13.1. The lowest BCUT2D eigenvalue weighted by molar-refractivity contribution is 0.114. The molecule has 2 aliphatic rings. The Labute approximate surface area is 68.0 Å². The lowest BCUT2D eigenvalue weighted by Gasteiger charge is -2.21. The third-order valence-corrected chi connectivity index (χ3v) is 3.15. The van der Waals surface area contributed by atoms with Crippen molar-refractivity contribution in [1.29, 1.82) is 0 Å². The van der Waals surface area contributed by atoms with Gasteiger partial charge < -0.3 is 10.4 Å². The zero-order chi connectivity index (χ0) is 7.68. The molecule has 0 unspecified atom stereocenters. The molecule has 11 heavy (non-hydrogen) atoms. The summed E-state index contributed by atoms with van der Waals surface area (Å²) in [7, 11) is 0. The van der Waals surface area contributed by atoms with Gasteiger partial charge in [-0.1, -0.05) is 6.42 Å². The Balaban J connectivity index is 1.92. The minimum atomic E-state index is -0.00870. The standard InChI is InChI=1S/C9H17NO/c11-9-5-1-3-7(9)8-4-2-6-10-8/h7-11H,1-6H2/t7-,8-,9-/m1/s1. The van der Waals surface area contributed by atoms with E-state index < -0.39 is 0 Å². The molecule has 64 valence electrons. The van der Waals surface area contributed by atoms with Gasteiger partial charge in [0.25, 0.3) is 0 Å². The first-order valence-corrected chi connectivity index (χ1v) is 4.79. The zero-order valence-electron chi connectivity index (χ0n) is 6.92. The molecule has 1 saturated carbocycles. The van der Waals surface area contributed by atoms with Crippen molar-refractivity contribution in [2.24, 2.45) is 5.92 Å². The maximum absolute atomic E-state index is 9.61. The van der Waals surface area contributed by atoms with Crippen LogP contribution in [-0.2, 0) is 0 Å². The molecule has 1 aliphatic heterocycles. The lowest BCUT2D eigenvalue weighted by atomic mass is 9.95. The fourth-order valence-electron chi connectivity index (χ4n) is 2.52. The van der Waals surface area contributed by atoms with Crippen molar-refractivity contribution >= 4 is 0 Å². The van der Waals surface area contributed by atoms with E-state index >= 15 is 0 Å². The largest absolute Gasteiger partial charge is 0.393 e. The normalized spacial score (nSPS) is 45.0. The SMILES string of the molecule is O[C@@H]1CCC[C@@H]1[C@H]1CCCN1. The van der Waals surface area contributed by atoms with E-state index in [1.807, 2.05) is 0 Å². The first kappa shape index (κ1) is 7.56. The predicted molar refractivity (Wildman–Crippen MR) is 44.4 cm³/mol. The van der Waals surface area contributed by atoms with Crippen LogP contribution in [0.1, 0.15) is 32.1 Å². The molecule has 3 atom stereocenters. The molecule has 2 N–H and O–H groups in total. The van der Waals surface area contributed by atoms with E-state index in [-0.39, 0.29) is 6.10 Å². The van der Waals surface area contributed by atoms with Crippen LogP contribution >= 0.6 is 0 Å². The van der Waals surface area contributed by atoms with E-state index in [0.29, 0.717) is 12.0 Å². The molecule has 1 aliphatic carbocycles. The van der Waals surface area contributed by atoms with Crippen molar-refractivity contribution in [1.82, 2.24) is 5.32 Å². The Morgan fingerprint density at radius 1 is 1.09 bits per heavy atom. The van der Waals surface area contributed by atoms with E-state index in [2.05, 4.69) is 5.32 Å². The Kier molecular flexibility index (Phi) is 2.14. The molecule has 0 aromatic heterocycles. The number of hydrogen-bond acceptors (Lipinski definition) is 2. The van der Waals surface area contributed by atoms with Crippen LogP contribution in [0.3, 0.4) is 0 Å². The van der Waals surface area contributed by atoms with Crippen molar-refractivity contribution in [3.05, 3.63) is 0 Å². The van der Waals surface area contributed by atoms with E-state index in [4.69, 9.17) is 0 Å². The summed E-state index contributed by atoms with van der Waals surface area (Å²) in [5.74, 6) is 0.567. The Hall–Kier alpha value is -0.0800. The van der Waals surface area contributed by atoms with Crippen LogP contribution < -0.4 is 5.32 Å². The Bertz CT molecular complexity index is 132. The van der Waals surface area contributed by atoms with Crippen LogP contribution in [0.25, 0.3) is 0 Å². The summed E-state index contributed by atoms with van der Waals surface area (Å²) in [6, 6.07) is 0.632. The summed E-state index contributed by atoms with van der Waals surface area (Å²) >= 11 is 0. The summed E-state index contributed by atoms with van der Waals surface area (Å²) in [5.41, 5.74) is 0. The van der Waals surface area contributed by atoms with Gasteiger partial charge in [0.05, 0.1) is 6.10 Å². The van der Waals surface area contributed by atoms with E-state index in [9.17, 15) is 5.11 Å². The number of aliphatic hydroxyl groups excluding tert-OH is 1. The van der Waals surface area contributed by atoms with Gasteiger partial charge in [0.15, 0.2) is 0 Å². The number of hydrogen-bond donors (Lipinski definition) is 2. The fourth-order valence-corrected chi connectivity index (χ4v) is 2.52. The van der Waals surface area contributed by atoms with Gasteiger partial charge in [0, 0.05) is 12.0 Å². The Morgan fingerprint density at radius 3 is 2.55 bits per heavy atom. The van der Waals surface area contributed by atoms with Gasteiger partial charge in [-0.15, -0.1) is 0 Å². The summed E-state index contributed by atoms with van der Waals surface area (Å²) in [4.78, 5) is 0. The average molecular weight is 155 g/mol. The van der Waals surface area contributed by atoms with Gasteiger partial charge in [-0.3, -0.25) is 0 Å². The van der Waals surface area contributed by atoms with Gasteiger partial charge in [0.2, 0.25) is 0 Å². The zero-order valence-corrected chi connectivity index (χ0v) is 6.92. The van der Waals surface area contributed by atoms with E-state index in [0.717, 1.165) is 13.0 Å². The highest BCUT2D eigenvalue weighted by atomic mass is 16.3. The molecule has 0 amide bonds. The maximum atomic E-state index is 9.61. The van der Waals surface area contributed by atoms with Gasteiger partial charge in [-0.25, -0.2) is 0 Å². The molecule has 1 heterocycles. The number of rotatable bonds is 1. The minimum Gasteiger partial charge on any atom is -0.393 e. The van der Waals surface area contributed by atoms with Crippen LogP contribution in [0.2, 0.25) is 0 Å². The van der Waals surface area contributed by atoms with Crippen LogP contribution in [-0.4, -0.2) is 23.8 Å². The van der Waals surface area contributed by atoms with Gasteiger partial charge in [-0.2, -0.15) is 0 Å². The highest BCUT2D eigenvalue weighted by Gasteiger charge is 2.33. The molecular weight excluding hydrogens is 138 g/mol. The molecule has 0 aromatic rings. The quantitative estimate of drug-likeness (QED) is 0.589. The molecule has 0 bridgehead atoms. The molecule has 0 radical (unpaired) electrons. The molecule has 2 rings (SSSR count). The molecule has 2 fully saturated rings. The van der Waals surface area contributed by atoms with Crippen LogP contribution in [0, 0.1) is 5.92 Å². The third kappa shape index (κ3) is 1.42. The van der Waals surface area contributed by atoms with Crippen molar-refractivity contribution in [2.45, 2.75) is 44.2 Å². The van der Waals surface area contributed by atoms with Crippen molar-refractivity contribution < 1.29 is 5.11 Å². The summed E-state index contributed by atoms with van der Waals surface area (Å²) in [6.07, 6.45) is 6.06. The highest BCUT2D eigenvalue weighted by Crippen LogP contribution is 2.31. The minimum absolute atomic E-state index is 0.00870. The monoisotopic (exact) mass is 155 g/mol. The lowest BCUT2D eigenvalue weighted by Crippen LogP contribution is -2.34. The summed E-state index contributed by atoms with van der Waals surface area (Å²) in [6.45, 7) is 1.16. The predicted octanol–water partition coefficient (Wildman–Crippen LogP) is 0.899. The molecule has 2 heteroatoms. The molecule has 2 nitrogen and oxygen atoms in total. The van der Waals surface area contributed by atoms with Gasteiger partial charge >= 0.3 is 0 Å². The summed E-state index contributed by atoms with van der Waals surface area (Å²) < 4.78 is 0. The van der Waals surface area contributed by atoms with Gasteiger partial charge in [-0.05, 0) is 32.2 Å². The van der Waals surface area contributed by atoms with Crippen LogP contribution in [0.5, 0.6) is 0 Å².